The molecule has 17 aromatic carbocycles. The quantitative estimate of drug-likeness (QED) is 0.104. The number of nitrogens with one attached hydrogen (secondary N) is 4. The van der Waals surface area contributed by atoms with Crippen LogP contribution in [0, 0.1) is 0 Å². The topological polar surface area (TPSA) is 71.1 Å². The van der Waals surface area contributed by atoms with E-state index in [9.17, 15) is 0 Å². The van der Waals surface area contributed by atoms with Crippen LogP contribution in [0.2, 0.25) is 0 Å². The first-order valence-electron chi connectivity index (χ1n) is 37.6. The molecular formula is C102H70N6OS3. The van der Waals surface area contributed by atoms with Gasteiger partial charge in [0.2, 0.25) is 0 Å². The summed E-state index contributed by atoms with van der Waals surface area (Å²) in [6.07, 6.45) is 0. The van der Waals surface area contributed by atoms with Gasteiger partial charge in [-0.15, -0.1) is 34.0 Å². The normalized spacial score (nSPS) is 11.4. The van der Waals surface area contributed by atoms with Crippen LogP contribution in [0.15, 0.2) is 404 Å². The maximum Gasteiger partial charge on any atom is 0.137 e. The van der Waals surface area contributed by atoms with Crippen LogP contribution in [0.5, 0.6) is 0 Å². The Bertz CT molecular complexity index is 7380. The van der Waals surface area contributed by atoms with Gasteiger partial charge in [-0.25, -0.2) is 0 Å². The number of thiophene rings is 3. The molecule has 0 radical (unpaired) electrons. The number of anilines is 8. The number of nitrogens with zero attached hydrogens (tertiary/aromatic N) is 2. The second-order valence-electron chi connectivity index (χ2n) is 27.9. The molecular weight excluding hydrogens is 1420 g/mol. The molecule has 0 aliphatic rings. The molecule has 6 aromatic heterocycles. The Kier molecular flexibility index (Phi) is 17.8. The van der Waals surface area contributed by atoms with Crippen molar-refractivity contribution in [3.05, 3.63) is 400 Å². The minimum atomic E-state index is 0.889. The summed E-state index contributed by atoms with van der Waals surface area (Å²) in [5, 5.41) is 32.7. The summed E-state index contributed by atoms with van der Waals surface area (Å²) in [5.41, 5.74) is 20.2. The number of para-hydroxylation sites is 6. The molecule has 10 heteroatoms. The van der Waals surface area contributed by atoms with Crippen molar-refractivity contribution in [2.75, 3.05) is 21.3 Å². The molecule has 0 amide bonds. The monoisotopic (exact) mass is 1490 g/mol. The van der Waals surface area contributed by atoms with E-state index in [-0.39, 0.29) is 0 Å². The third-order valence-corrected chi connectivity index (χ3v) is 24.1. The number of rotatable bonds is 11. The highest BCUT2D eigenvalue weighted by molar-refractivity contribution is 7.26. The third-order valence-electron chi connectivity index (χ3n) is 20.9. The lowest BCUT2D eigenvalue weighted by Crippen LogP contribution is -1.95. The summed E-state index contributed by atoms with van der Waals surface area (Å²) in [4.78, 5) is 0. The fourth-order valence-electron chi connectivity index (χ4n) is 15.6. The summed E-state index contributed by atoms with van der Waals surface area (Å²) in [7, 11) is 0. The number of hydrogen-bond donors (Lipinski definition) is 4. The minimum Gasteiger partial charge on any atom is -0.456 e. The van der Waals surface area contributed by atoms with Crippen molar-refractivity contribution >= 4 is 206 Å². The van der Waals surface area contributed by atoms with Crippen LogP contribution in [-0.4, -0.2) is 9.13 Å². The second kappa shape index (κ2) is 29.5. The summed E-state index contributed by atoms with van der Waals surface area (Å²) in [5.74, 6) is 0. The molecule has 0 unspecified atom stereocenters. The van der Waals surface area contributed by atoms with E-state index in [1.54, 1.807) is 11.3 Å². The van der Waals surface area contributed by atoms with Gasteiger partial charge in [0, 0.05) is 130 Å². The molecule has 6 heterocycles. The number of aromatic nitrogens is 2. The van der Waals surface area contributed by atoms with Gasteiger partial charge < -0.3 is 34.8 Å². The van der Waals surface area contributed by atoms with Gasteiger partial charge in [-0.1, -0.05) is 224 Å². The molecule has 0 atom stereocenters. The summed E-state index contributed by atoms with van der Waals surface area (Å²) >= 11 is 5.47. The van der Waals surface area contributed by atoms with Crippen molar-refractivity contribution in [1.29, 1.82) is 0 Å². The van der Waals surface area contributed by atoms with E-state index in [2.05, 4.69) is 375 Å². The van der Waals surface area contributed by atoms with Crippen molar-refractivity contribution < 1.29 is 4.42 Å². The van der Waals surface area contributed by atoms with Gasteiger partial charge in [0.25, 0.3) is 0 Å². The molecule has 532 valence electrons. The molecule has 0 spiro atoms. The maximum absolute atomic E-state index is 6.06. The zero-order valence-corrected chi connectivity index (χ0v) is 63.1. The Labute approximate surface area is 658 Å². The molecule has 0 aliphatic carbocycles. The van der Waals surface area contributed by atoms with Crippen LogP contribution in [0.4, 0.5) is 45.5 Å². The van der Waals surface area contributed by atoms with Crippen molar-refractivity contribution in [2.45, 2.75) is 0 Å². The van der Waals surface area contributed by atoms with Crippen LogP contribution < -0.4 is 21.3 Å². The Morgan fingerprint density at radius 3 is 1.41 bits per heavy atom. The lowest BCUT2D eigenvalue weighted by atomic mass is 10.0. The highest BCUT2D eigenvalue weighted by Gasteiger charge is 2.18. The van der Waals surface area contributed by atoms with Gasteiger partial charge in [-0.3, -0.25) is 0 Å². The average molecular weight is 1490 g/mol. The number of hydrogen-bond acceptors (Lipinski definition) is 8. The molecule has 0 saturated carbocycles. The predicted octanol–water partition coefficient (Wildman–Crippen LogP) is 30.6. The van der Waals surface area contributed by atoms with Gasteiger partial charge in [0.15, 0.2) is 0 Å². The molecule has 4 N–H and O–H groups in total. The van der Waals surface area contributed by atoms with Gasteiger partial charge in [0.05, 0.1) is 32.5 Å². The third kappa shape index (κ3) is 13.2. The number of furan rings is 1. The number of fused-ring (bicyclic) bond motifs is 17. The fraction of sp³-hybridized carbons (Fsp3) is 0. The SMILES string of the molecule is c1ccc(-n2c3cc(Nc4ccc5c(c4)sc4ccccc45)ccc3c3cc4ccccc4cc32)cc1.c1ccc(-n2c3ccccc3c3ccc(-c4ccc(Nc5ccc6c(c5)oc5ccccc56)cc4)cc32)cc1.c1ccc(Nc2ccc3ccsc3c2)cc1.c1ccc(Nc2cccc3c2sc2ccccc23)cc1. The van der Waals surface area contributed by atoms with E-state index in [1.807, 2.05) is 77.3 Å². The first-order valence-corrected chi connectivity index (χ1v) is 40.1. The van der Waals surface area contributed by atoms with Crippen LogP contribution in [0.25, 0.3) is 149 Å². The van der Waals surface area contributed by atoms with Crippen molar-refractivity contribution in [2.24, 2.45) is 0 Å². The Morgan fingerprint density at radius 1 is 0.223 bits per heavy atom. The Morgan fingerprint density at radius 2 is 0.679 bits per heavy atom. The van der Waals surface area contributed by atoms with Gasteiger partial charge in [-0.2, -0.15) is 0 Å². The second-order valence-corrected chi connectivity index (χ2v) is 31.0. The standard InChI is InChI=1S/C36H24N2O.C34H22N2S.C18H13NS.C14H11NS/c1-2-8-28(9-3-1)38-33-12-6-4-10-29(33)30-20-16-25(22-34(30)38)24-14-17-26(18-15-24)37-27-19-21-32-31-11-5-7-13-35(31)39-36(32)23-27;1-2-10-26(11-3-1)36-31-19-23-9-5-4-8-22(23)18-30(31)27-16-14-24(20-32(27)36)35-25-15-17-29-28-12-6-7-13-33(28)37-34(29)21-25;1-2-7-13(8-3-1)19-16-11-6-10-15-14-9-4-5-12-17(14)20-18(15)16;1-2-4-12(5-3-1)15-13-7-6-11-8-9-16-14(11)10-13/h1-23,37H;1-21,35H;1-12,19H;1-10,15H. The minimum absolute atomic E-state index is 0.889. The van der Waals surface area contributed by atoms with Gasteiger partial charge in [0.1, 0.15) is 11.2 Å². The fourth-order valence-corrected chi connectivity index (χ4v) is 18.7. The van der Waals surface area contributed by atoms with E-state index in [0.29, 0.717) is 0 Å². The van der Waals surface area contributed by atoms with Crippen molar-refractivity contribution in [1.82, 2.24) is 9.13 Å². The molecule has 7 nitrogen and oxygen atoms in total. The van der Waals surface area contributed by atoms with E-state index in [1.165, 1.54) is 133 Å². The van der Waals surface area contributed by atoms with Crippen molar-refractivity contribution in [3.63, 3.8) is 0 Å². The lowest BCUT2D eigenvalue weighted by Gasteiger charge is -2.10. The largest absolute Gasteiger partial charge is 0.456 e. The van der Waals surface area contributed by atoms with Gasteiger partial charge in [-0.05, 0) is 196 Å². The smallest absolute Gasteiger partial charge is 0.137 e. The first-order chi connectivity index (χ1) is 55.5. The highest BCUT2D eigenvalue weighted by Crippen LogP contribution is 2.43. The Hall–Kier alpha value is -14.0. The lowest BCUT2D eigenvalue weighted by molar-refractivity contribution is 0.669. The van der Waals surface area contributed by atoms with Gasteiger partial charge >= 0.3 is 0 Å². The zero-order valence-electron chi connectivity index (χ0n) is 60.6. The molecule has 23 rings (SSSR count). The van der Waals surface area contributed by atoms with E-state index in [4.69, 9.17) is 4.42 Å². The molecule has 0 aliphatic heterocycles. The van der Waals surface area contributed by atoms with E-state index >= 15 is 0 Å². The summed E-state index contributed by atoms with van der Waals surface area (Å²) in [6, 6.07) is 139. The first kappa shape index (κ1) is 67.4. The van der Waals surface area contributed by atoms with E-state index in [0.717, 1.165) is 61.8 Å². The molecule has 0 fully saturated rings. The Balaban J connectivity index is 0.000000103. The maximum atomic E-state index is 6.06. The molecule has 23 aromatic rings. The summed E-state index contributed by atoms with van der Waals surface area (Å²) < 4.78 is 17.4. The van der Waals surface area contributed by atoms with E-state index < -0.39 is 0 Å². The average Bonchev–Trinajstić information content (AvgIpc) is 1.57. The summed E-state index contributed by atoms with van der Waals surface area (Å²) in [6.45, 7) is 0. The molecule has 0 saturated heterocycles. The molecule has 0 bridgehead atoms. The van der Waals surface area contributed by atoms with Crippen LogP contribution in [-0.2, 0) is 0 Å². The van der Waals surface area contributed by atoms with Crippen LogP contribution in [0.3, 0.4) is 0 Å². The van der Waals surface area contributed by atoms with Crippen molar-refractivity contribution in [3.8, 4) is 22.5 Å². The predicted molar refractivity (Wildman–Crippen MR) is 485 cm³/mol. The van der Waals surface area contributed by atoms with Crippen LogP contribution in [0.1, 0.15) is 0 Å². The zero-order chi connectivity index (χ0) is 74.3. The van der Waals surface area contributed by atoms with Crippen LogP contribution >= 0.6 is 34.0 Å². The molecule has 112 heavy (non-hydrogen) atoms. The number of benzene rings is 17. The highest BCUT2D eigenvalue weighted by atomic mass is 32.1.